The molecule has 2 aromatic rings. The lowest BCUT2D eigenvalue weighted by molar-refractivity contribution is -0.118. The van der Waals surface area contributed by atoms with E-state index in [9.17, 15) is 4.79 Å². The van der Waals surface area contributed by atoms with Gasteiger partial charge in [0.1, 0.15) is 5.75 Å². The Morgan fingerprint density at radius 1 is 1.17 bits per heavy atom. The van der Waals surface area contributed by atoms with Crippen molar-refractivity contribution in [1.29, 1.82) is 0 Å². The number of nitrogens with one attached hydrogen (secondary N) is 1. The van der Waals surface area contributed by atoms with E-state index in [1.54, 1.807) is 0 Å². The van der Waals surface area contributed by atoms with Gasteiger partial charge in [-0.05, 0) is 54.2 Å². The van der Waals surface area contributed by atoms with Gasteiger partial charge in [-0.3, -0.25) is 4.79 Å². The Morgan fingerprint density at radius 2 is 1.96 bits per heavy atom. The van der Waals surface area contributed by atoms with Gasteiger partial charge < -0.3 is 10.1 Å². The number of carbonyl (C=O) groups is 1. The summed E-state index contributed by atoms with van der Waals surface area (Å²) in [6, 6.07) is 14.0. The molecule has 23 heavy (non-hydrogen) atoms. The van der Waals surface area contributed by atoms with E-state index < -0.39 is 0 Å². The van der Waals surface area contributed by atoms with Crippen LogP contribution in [0, 0.1) is 6.92 Å². The van der Waals surface area contributed by atoms with Gasteiger partial charge in [-0.15, -0.1) is 0 Å². The molecule has 0 heterocycles. The van der Waals surface area contributed by atoms with Crippen LogP contribution in [0.3, 0.4) is 0 Å². The topological polar surface area (TPSA) is 38.3 Å². The summed E-state index contributed by atoms with van der Waals surface area (Å²) in [5, 5.41) is 2.88. The Balaban J connectivity index is 1.97. The quantitative estimate of drug-likeness (QED) is 0.840. The number of hydrogen-bond acceptors (Lipinski definition) is 2. The fraction of sp³-hybridized carbons (Fsp3) is 0.350. The summed E-state index contributed by atoms with van der Waals surface area (Å²) >= 11 is 0. The van der Waals surface area contributed by atoms with E-state index in [2.05, 4.69) is 32.2 Å². The van der Waals surface area contributed by atoms with Gasteiger partial charge in [0.05, 0.1) is 0 Å². The third-order valence-electron chi connectivity index (χ3n) is 3.86. The Bertz CT molecular complexity index is 677. The average Bonchev–Trinajstić information content (AvgIpc) is 2.54. The van der Waals surface area contributed by atoms with Crippen molar-refractivity contribution in [3.05, 3.63) is 59.2 Å². The van der Waals surface area contributed by atoms with Crippen LogP contribution in [0.25, 0.3) is 0 Å². The molecule has 2 rings (SSSR count). The second kappa shape index (κ2) is 7.82. The van der Waals surface area contributed by atoms with Crippen LogP contribution in [0.15, 0.2) is 42.5 Å². The molecule has 2 aromatic carbocycles. The molecule has 0 aliphatic heterocycles. The predicted octanol–water partition coefficient (Wildman–Crippen LogP) is 4.70. The van der Waals surface area contributed by atoms with E-state index in [4.69, 9.17) is 4.74 Å². The van der Waals surface area contributed by atoms with Crippen LogP contribution in [0.4, 0.5) is 5.69 Å². The van der Waals surface area contributed by atoms with E-state index in [0.717, 1.165) is 23.4 Å². The molecule has 0 aromatic heterocycles. The summed E-state index contributed by atoms with van der Waals surface area (Å²) in [6.07, 6.45) is 0.946. The number of ether oxygens (including phenoxy) is 1. The van der Waals surface area contributed by atoms with Crippen molar-refractivity contribution >= 4 is 11.6 Å². The molecule has 0 aliphatic rings. The minimum atomic E-state index is -0.146. The van der Waals surface area contributed by atoms with E-state index in [-0.39, 0.29) is 12.5 Å². The number of hydrogen-bond donors (Lipinski definition) is 1. The number of anilines is 1. The Morgan fingerprint density at radius 3 is 2.65 bits per heavy atom. The molecule has 3 heteroatoms. The molecular formula is C20H25NO2. The first-order valence-electron chi connectivity index (χ1n) is 8.11. The zero-order chi connectivity index (χ0) is 16.8. The summed E-state index contributed by atoms with van der Waals surface area (Å²) < 4.78 is 5.71. The van der Waals surface area contributed by atoms with Crippen LogP contribution >= 0.6 is 0 Å². The molecular weight excluding hydrogens is 286 g/mol. The summed E-state index contributed by atoms with van der Waals surface area (Å²) in [5.74, 6) is 1.06. The van der Waals surface area contributed by atoms with Crippen molar-refractivity contribution in [1.82, 2.24) is 0 Å². The lowest BCUT2D eigenvalue weighted by Gasteiger charge is -2.13. The minimum absolute atomic E-state index is 0.0126. The largest absolute Gasteiger partial charge is 0.483 e. The molecule has 0 radical (unpaired) electrons. The number of aryl methyl sites for hydroxylation is 2. The maximum Gasteiger partial charge on any atom is 0.262 e. The van der Waals surface area contributed by atoms with E-state index in [1.807, 2.05) is 43.3 Å². The van der Waals surface area contributed by atoms with E-state index in [1.165, 1.54) is 11.1 Å². The molecule has 0 bridgehead atoms. The molecule has 1 amide bonds. The van der Waals surface area contributed by atoms with Crippen molar-refractivity contribution in [2.24, 2.45) is 0 Å². The molecule has 0 fully saturated rings. The Hall–Kier alpha value is -2.29. The maximum atomic E-state index is 12.1. The van der Waals surface area contributed by atoms with Gasteiger partial charge in [0.2, 0.25) is 0 Å². The van der Waals surface area contributed by atoms with Gasteiger partial charge in [0.15, 0.2) is 6.61 Å². The van der Waals surface area contributed by atoms with Gasteiger partial charge in [0, 0.05) is 5.69 Å². The number of amides is 1. The number of rotatable bonds is 6. The zero-order valence-electron chi connectivity index (χ0n) is 14.3. The predicted molar refractivity (Wildman–Crippen MR) is 95.2 cm³/mol. The van der Waals surface area contributed by atoms with Gasteiger partial charge in [-0.25, -0.2) is 0 Å². The highest BCUT2D eigenvalue weighted by atomic mass is 16.5. The van der Waals surface area contributed by atoms with Crippen LogP contribution < -0.4 is 10.1 Å². The highest BCUT2D eigenvalue weighted by Gasteiger charge is 2.08. The number of carbonyl (C=O) groups excluding carboxylic acids is 1. The van der Waals surface area contributed by atoms with Crippen LogP contribution in [-0.4, -0.2) is 12.5 Å². The first-order chi connectivity index (χ1) is 11.0. The molecule has 0 saturated heterocycles. The fourth-order valence-electron chi connectivity index (χ4n) is 2.34. The van der Waals surface area contributed by atoms with E-state index in [0.29, 0.717) is 5.92 Å². The third kappa shape index (κ3) is 4.85. The lowest BCUT2D eigenvalue weighted by atomic mass is 10.0. The molecule has 122 valence electrons. The molecule has 0 aliphatic carbocycles. The van der Waals surface area contributed by atoms with Crippen LogP contribution in [0.5, 0.6) is 5.75 Å². The van der Waals surface area contributed by atoms with Crippen molar-refractivity contribution in [2.45, 2.75) is 40.0 Å². The molecule has 3 nitrogen and oxygen atoms in total. The highest BCUT2D eigenvalue weighted by molar-refractivity contribution is 5.91. The summed E-state index contributed by atoms with van der Waals surface area (Å²) in [5.41, 5.74) is 4.26. The molecule has 0 spiro atoms. The normalized spacial score (nSPS) is 10.7. The second-order valence-electron chi connectivity index (χ2n) is 6.07. The molecule has 0 atom stereocenters. The molecule has 0 unspecified atom stereocenters. The van der Waals surface area contributed by atoms with Crippen molar-refractivity contribution in [3.8, 4) is 5.75 Å². The minimum Gasteiger partial charge on any atom is -0.483 e. The monoisotopic (exact) mass is 311 g/mol. The van der Waals surface area contributed by atoms with E-state index >= 15 is 0 Å². The lowest BCUT2D eigenvalue weighted by Crippen LogP contribution is -2.20. The van der Waals surface area contributed by atoms with Crippen LogP contribution in [0.1, 0.15) is 43.4 Å². The Kier molecular flexibility index (Phi) is 5.80. The third-order valence-corrected chi connectivity index (χ3v) is 3.86. The van der Waals surface area contributed by atoms with Crippen molar-refractivity contribution < 1.29 is 9.53 Å². The fourth-order valence-corrected chi connectivity index (χ4v) is 2.34. The first-order valence-corrected chi connectivity index (χ1v) is 8.11. The molecule has 1 N–H and O–H groups in total. The molecule has 0 saturated carbocycles. The maximum absolute atomic E-state index is 12.1. The summed E-state index contributed by atoms with van der Waals surface area (Å²) in [4.78, 5) is 12.1. The first kappa shape index (κ1) is 17.1. The van der Waals surface area contributed by atoms with Gasteiger partial charge in [-0.2, -0.15) is 0 Å². The number of benzene rings is 2. The van der Waals surface area contributed by atoms with Crippen molar-refractivity contribution in [2.75, 3.05) is 11.9 Å². The van der Waals surface area contributed by atoms with Crippen LogP contribution in [0.2, 0.25) is 0 Å². The summed E-state index contributed by atoms with van der Waals surface area (Å²) in [7, 11) is 0. The van der Waals surface area contributed by atoms with Gasteiger partial charge >= 0.3 is 0 Å². The van der Waals surface area contributed by atoms with Crippen molar-refractivity contribution in [3.63, 3.8) is 0 Å². The highest BCUT2D eigenvalue weighted by Crippen LogP contribution is 2.24. The van der Waals surface area contributed by atoms with Gasteiger partial charge in [-0.1, -0.05) is 45.0 Å². The smallest absolute Gasteiger partial charge is 0.262 e. The average molecular weight is 311 g/mol. The standard InChI is InChI=1S/C20H25NO2/c1-5-16-7-6-8-18(11-16)21-20(22)13-23-19-12-17(14(2)3)10-9-15(19)4/h6-12,14H,5,13H2,1-4H3,(H,21,22). The Labute approximate surface area is 138 Å². The second-order valence-corrected chi connectivity index (χ2v) is 6.07. The van der Waals surface area contributed by atoms with Crippen LogP contribution in [-0.2, 0) is 11.2 Å². The SMILES string of the molecule is CCc1cccc(NC(=O)COc2cc(C(C)C)ccc2C)c1. The van der Waals surface area contributed by atoms with Gasteiger partial charge in [0.25, 0.3) is 5.91 Å². The summed E-state index contributed by atoms with van der Waals surface area (Å²) in [6.45, 7) is 8.37. The zero-order valence-corrected chi connectivity index (χ0v) is 14.3.